The number of thiazole rings is 1. The molecule has 0 atom stereocenters. The Morgan fingerprint density at radius 1 is 1.28 bits per heavy atom. The van der Waals surface area contributed by atoms with Gasteiger partial charge in [0.25, 0.3) is 5.56 Å². The Hall–Kier alpha value is -2.57. The summed E-state index contributed by atoms with van der Waals surface area (Å²) in [6, 6.07) is 7.81. The average molecular weight is 516 g/mol. The Balaban J connectivity index is 1.88. The summed E-state index contributed by atoms with van der Waals surface area (Å²) in [5.74, 6) is 3.63. The van der Waals surface area contributed by atoms with Crippen LogP contribution in [0.2, 0.25) is 0 Å². The molecule has 0 aliphatic heterocycles. The highest BCUT2D eigenvalue weighted by atomic mass is 127. The molecular formula is C22H17IN2O3S. The van der Waals surface area contributed by atoms with Gasteiger partial charge in [-0.25, -0.2) is 9.38 Å². The second-order valence-corrected chi connectivity index (χ2v) is 8.77. The zero-order valence-electron chi connectivity index (χ0n) is 16.1. The molecule has 146 valence electrons. The van der Waals surface area contributed by atoms with Gasteiger partial charge in [-0.1, -0.05) is 17.3 Å². The van der Waals surface area contributed by atoms with Gasteiger partial charge in [0.2, 0.25) is 0 Å². The number of hydrogen-bond donors (Lipinski definition) is 0. The fourth-order valence-electron chi connectivity index (χ4n) is 3.15. The molecule has 0 spiro atoms. The van der Waals surface area contributed by atoms with Crippen molar-refractivity contribution in [1.29, 1.82) is 0 Å². The topological polar surface area (TPSA) is 52.8 Å². The molecule has 7 heteroatoms. The Morgan fingerprint density at radius 3 is 2.76 bits per heavy atom. The van der Waals surface area contributed by atoms with Crippen molar-refractivity contribution in [1.82, 2.24) is 9.38 Å². The Bertz CT molecular complexity index is 1410. The van der Waals surface area contributed by atoms with E-state index in [9.17, 15) is 4.79 Å². The van der Waals surface area contributed by atoms with Crippen LogP contribution in [0.5, 0.6) is 11.5 Å². The summed E-state index contributed by atoms with van der Waals surface area (Å²) in [6.45, 7) is 4.25. The molecule has 4 aromatic rings. The van der Waals surface area contributed by atoms with Crippen molar-refractivity contribution >= 4 is 56.0 Å². The highest BCUT2D eigenvalue weighted by Gasteiger charge is 2.14. The first-order chi connectivity index (χ1) is 13.9. The fourth-order valence-corrected chi connectivity index (χ4v) is 4.91. The molecule has 5 nitrogen and oxygen atoms in total. The van der Waals surface area contributed by atoms with E-state index in [1.807, 2.05) is 44.2 Å². The molecule has 2 aromatic heterocycles. The zero-order valence-corrected chi connectivity index (χ0v) is 19.1. The van der Waals surface area contributed by atoms with E-state index < -0.39 is 0 Å². The van der Waals surface area contributed by atoms with E-state index in [1.165, 1.54) is 11.3 Å². The van der Waals surface area contributed by atoms with Crippen molar-refractivity contribution in [3.05, 3.63) is 59.4 Å². The van der Waals surface area contributed by atoms with Crippen LogP contribution in [0.15, 0.2) is 29.1 Å². The van der Waals surface area contributed by atoms with Gasteiger partial charge in [-0.2, -0.15) is 0 Å². The van der Waals surface area contributed by atoms with Crippen molar-refractivity contribution in [3.8, 4) is 23.8 Å². The largest absolute Gasteiger partial charge is 0.493 e. The fraction of sp³-hybridized carbons (Fsp3) is 0.182. The molecule has 0 saturated heterocycles. The van der Waals surface area contributed by atoms with Gasteiger partial charge >= 0.3 is 0 Å². The van der Waals surface area contributed by atoms with Crippen LogP contribution in [0.3, 0.4) is 0 Å². The van der Waals surface area contributed by atoms with Crippen LogP contribution >= 0.6 is 33.9 Å². The van der Waals surface area contributed by atoms with E-state index in [2.05, 4.69) is 33.5 Å². The van der Waals surface area contributed by atoms with Crippen LogP contribution in [-0.2, 0) is 0 Å². The molecule has 2 heterocycles. The number of aromatic nitrogens is 2. The van der Waals surface area contributed by atoms with Crippen molar-refractivity contribution < 1.29 is 9.47 Å². The molecule has 0 N–H and O–H groups in total. The summed E-state index contributed by atoms with van der Waals surface area (Å²) in [4.78, 5) is 18.4. The smallest absolute Gasteiger partial charge is 0.274 e. The molecule has 0 aliphatic rings. The average Bonchev–Trinajstić information content (AvgIpc) is 3.17. The monoisotopic (exact) mass is 516 g/mol. The van der Waals surface area contributed by atoms with Gasteiger partial charge in [0.15, 0.2) is 16.5 Å². The zero-order chi connectivity index (χ0) is 20.7. The van der Waals surface area contributed by atoms with E-state index in [-0.39, 0.29) is 12.2 Å². The lowest BCUT2D eigenvalue weighted by Crippen LogP contribution is -2.22. The number of ether oxygens (including phenoxy) is 2. The first-order valence-electron chi connectivity index (χ1n) is 8.80. The maximum atomic E-state index is 13.1. The summed E-state index contributed by atoms with van der Waals surface area (Å²) in [5, 5.41) is 0. The summed E-state index contributed by atoms with van der Waals surface area (Å²) in [5.41, 5.74) is 4.76. The number of fused-ring (bicyclic) bond motifs is 3. The van der Waals surface area contributed by atoms with Gasteiger partial charge in [-0.3, -0.25) is 4.79 Å². The molecule has 0 bridgehead atoms. The van der Waals surface area contributed by atoms with E-state index in [0.29, 0.717) is 21.0 Å². The molecule has 29 heavy (non-hydrogen) atoms. The Morgan fingerprint density at radius 2 is 2.03 bits per heavy atom. The van der Waals surface area contributed by atoms with Crippen molar-refractivity contribution in [2.75, 3.05) is 13.7 Å². The predicted molar refractivity (Wildman–Crippen MR) is 125 cm³/mol. The van der Waals surface area contributed by atoms with Crippen LogP contribution in [0.25, 0.3) is 22.1 Å². The second-order valence-electron chi connectivity index (χ2n) is 6.60. The van der Waals surface area contributed by atoms with Crippen molar-refractivity contribution in [3.63, 3.8) is 0 Å². The highest BCUT2D eigenvalue weighted by molar-refractivity contribution is 14.1. The third-order valence-corrected chi connectivity index (χ3v) is 6.47. The Kier molecular flexibility index (Phi) is 5.23. The number of terminal acetylenes is 1. The number of benzene rings is 2. The SMILES string of the molecule is C#CCOc1c(I)cc(C=c2sc3nc4cc(C)c(C)cc4n3c2=O)cc1OC. The normalized spacial score (nSPS) is 11.9. The third kappa shape index (κ3) is 3.47. The molecular weight excluding hydrogens is 499 g/mol. The van der Waals surface area contributed by atoms with Crippen LogP contribution in [0, 0.1) is 29.8 Å². The molecule has 0 amide bonds. The third-order valence-electron chi connectivity index (χ3n) is 4.70. The van der Waals surface area contributed by atoms with Gasteiger partial charge in [0.1, 0.15) is 6.61 Å². The molecule has 2 aromatic carbocycles. The van der Waals surface area contributed by atoms with Gasteiger partial charge in [-0.05, 0) is 83.5 Å². The van der Waals surface area contributed by atoms with Crippen LogP contribution in [0.4, 0.5) is 0 Å². The minimum absolute atomic E-state index is 0.0719. The quantitative estimate of drug-likeness (QED) is 0.307. The maximum Gasteiger partial charge on any atom is 0.274 e. The lowest BCUT2D eigenvalue weighted by Gasteiger charge is -2.11. The lowest BCUT2D eigenvalue weighted by atomic mass is 10.1. The molecule has 0 unspecified atom stereocenters. The van der Waals surface area contributed by atoms with Crippen molar-refractivity contribution in [2.45, 2.75) is 13.8 Å². The standard InChI is InChI=1S/C22H17IN2O3S/c1-5-6-28-20-15(23)9-14(10-18(20)27-4)11-19-21(26)25-17-8-13(3)12(2)7-16(17)24-22(25)29-19/h1,7-11H,6H2,2-4H3. The van der Waals surface area contributed by atoms with Crippen molar-refractivity contribution in [2.24, 2.45) is 0 Å². The molecule has 0 aliphatic carbocycles. The second kappa shape index (κ2) is 7.69. The van der Waals surface area contributed by atoms with Gasteiger partial charge in [0, 0.05) is 0 Å². The number of imidazole rings is 1. The summed E-state index contributed by atoms with van der Waals surface area (Å²) < 4.78 is 14.2. The number of nitrogens with zero attached hydrogens (tertiary/aromatic N) is 2. The van der Waals surface area contributed by atoms with E-state index in [0.717, 1.165) is 31.3 Å². The predicted octanol–water partition coefficient (Wildman–Crippen LogP) is 3.70. The number of hydrogen-bond acceptors (Lipinski definition) is 5. The number of aryl methyl sites for hydroxylation is 2. The lowest BCUT2D eigenvalue weighted by molar-refractivity contribution is 0.328. The van der Waals surface area contributed by atoms with Gasteiger partial charge in [-0.15, -0.1) is 6.42 Å². The Labute approximate surface area is 185 Å². The summed E-state index contributed by atoms with van der Waals surface area (Å²) in [6.07, 6.45) is 7.14. The van der Waals surface area contributed by atoms with Crippen LogP contribution in [0.1, 0.15) is 16.7 Å². The number of rotatable bonds is 4. The van der Waals surface area contributed by atoms with Crippen LogP contribution < -0.4 is 19.6 Å². The van der Waals surface area contributed by atoms with E-state index in [4.69, 9.17) is 15.9 Å². The maximum absolute atomic E-state index is 13.1. The van der Waals surface area contributed by atoms with E-state index >= 15 is 0 Å². The first-order valence-corrected chi connectivity index (χ1v) is 10.7. The molecule has 0 radical (unpaired) electrons. The number of halogens is 1. The highest BCUT2D eigenvalue weighted by Crippen LogP contribution is 2.34. The molecule has 0 saturated carbocycles. The van der Waals surface area contributed by atoms with E-state index in [1.54, 1.807) is 11.5 Å². The van der Waals surface area contributed by atoms with Gasteiger partial charge in [0.05, 0.1) is 26.2 Å². The minimum atomic E-state index is -0.0719. The van der Waals surface area contributed by atoms with Crippen LogP contribution in [-0.4, -0.2) is 23.1 Å². The summed E-state index contributed by atoms with van der Waals surface area (Å²) >= 11 is 3.55. The number of methoxy groups -OCH3 is 1. The van der Waals surface area contributed by atoms with Gasteiger partial charge < -0.3 is 9.47 Å². The molecule has 0 fully saturated rings. The minimum Gasteiger partial charge on any atom is -0.493 e. The first kappa shape index (κ1) is 19.7. The molecule has 4 rings (SSSR count). The summed E-state index contributed by atoms with van der Waals surface area (Å²) in [7, 11) is 1.58.